The maximum Gasteiger partial charge on any atom is 0.331 e. The summed E-state index contributed by atoms with van der Waals surface area (Å²) in [6.07, 6.45) is 4.39. The molecule has 4 aromatic rings. The Kier molecular flexibility index (Phi) is 7.34. The molecule has 2 aromatic heterocycles. The van der Waals surface area contributed by atoms with E-state index in [1.54, 1.807) is 18.1 Å². The summed E-state index contributed by atoms with van der Waals surface area (Å²) in [5.41, 5.74) is 3.92. The average molecular weight is 569 g/mol. The summed E-state index contributed by atoms with van der Waals surface area (Å²) in [6.45, 7) is 6.59. The number of ether oxygens (including phenoxy) is 1. The highest BCUT2D eigenvalue weighted by Crippen LogP contribution is 2.48. The number of hydrogen-bond acceptors (Lipinski definition) is 7. The van der Waals surface area contributed by atoms with E-state index in [0.29, 0.717) is 12.3 Å². The molecule has 2 unspecified atom stereocenters. The fraction of sp³-hybridized carbons (Fsp3) is 0.258. The van der Waals surface area contributed by atoms with Gasteiger partial charge in [0, 0.05) is 24.0 Å². The second-order valence-electron chi connectivity index (χ2n) is 10.4. The first-order valence-electron chi connectivity index (χ1n) is 13.7. The number of carbonyl (C=O) groups excluding carboxylic acids is 2. The van der Waals surface area contributed by atoms with E-state index in [-0.39, 0.29) is 24.0 Å². The number of nitrogens with zero attached hydrogens (tertiary/aromatic N) is 2. The third kappa shape index (κ3) is 5.36. The first-order chi connectivity index (χ1) is 19.9. The zero-order valence-corrected chi connectivity index (χ0v) is 23.8. The molecule has 1 aliphatic carbocycles. The number of aryl methyl sites for hydroxylation is 1. The van der Waals surface area contributed by atoms with Crippen LogP contribution in [0.3, 0.4) is 0 Å². The number of urea groups is 1. The van der Waals surface area contributed by atoms with Gasteiger partial charge in [0.15, 0.2) is 0 Å². The van der Waals surface area contributed by atoms with Crippen LogP contribution in [0.15, 0.2) is 67.4 Å². The monoisotopic (exact) mass is 568 g/mol. The van der Waals surface area contributed by atoms with Crippen molar-refractivity contribution in [2.75, 3.05) is 23.8 Å². The van der Waals surface area contributed by atoms with Crippen LogP contribution < -0.4 is 30.9 Å². The lowest BCUT2D eigenvalue weighted by Crippen LogP contribution is -2.39. The predicted octanol–water partition coefficient (Wildman–Crippen LogP) is 5.90. The lowest BCUT2D eigenvalue weighted by molar-refractivity contribution is -0.120. The van der Waals surface area contributed by atoms with E-state index in [0.717, 1.165) is 68.4 Å². The number of amides is 3. The molecule has 4 N–H and O–H groups in total. The summed E-state index contributed by atoms with van der Waals surface area (Å²) < 4.78 is 6.00. The molecule has 3 heterocycles. The Balaban J connectivity index is 1.24. The van der Waals surface area contributed by atoms with Gasteiger partial charge in [-0.25, -0.2) is 9.78 Å². The number of carbonyl (C=O) groups is 2. The maximum atomic E-state index is 13.6. The molecule has 1 saturated carbocycles. The van der Waals surface area contributed by atoms with Gasteiger partial charge in [0.1, 0.15) is 16.3 Å². The second kappa shape index (κ2) is 11.2. The van der Waals surface area contributed by atoms with Crippen molar-refractivity contribution in [2.24, 2.45) is 0 Å². The van der Waals surface area contributed by atoms with Crippen LogP contribution in [-0.2, 0) is 4.79 Å². The van der Waals surface area contributed by atoms with Crippen LogP contribution in [0, 0.1) is 6.92 Å². The zero-order chi connectivity index (χ0) is 28.5. The molecule has 2 aliphatic rings. The quantitative estimate of drug-likeness (QED) is 0.200. The number of aromatic nitrogens is 1. The Labute approximate surface area is 242 Å². The van der Waals surface area contributed by atoms with Gasteiger partial charge in [0.05, 0.1) is 33.9 Å². The summed E-state index contributed by atoms with van der Waals surface area (Å²) >= 11 is 1.51. The van der Waals surface area contributed by atoms with E-state index in [1.165, 1.54) is 11.3 Å². The molecule has 0 saturated heterocycles. The largest absolute Gasteiger partial charge is 0.457 e. The van der Waals surface area contributed by atoms with Crippen LogP contribution in [0.4, 0.5) is 21.9 Å². The molecule has 1 aliphatic heterocycles. The van der Waals surface area contributed by atoms with Gasteiger partial charge >= 0.3 is 6.03 Å². The molecule has 41 heavy (non-hydrogen) atoms. The third-order valence-corrected chi connectivity index (χ3v) is 8.58. The Morgan fingerprint density at radius 1 is 1.10 bits per heavy atom. The van der Waals surface area contributed by atoms with Crippen LogP contribution in [0.5, 0.6) is 11.5 Å². The number of likely N-dealkylation sites (N-methyl/N-ethyl adjacent to an activating group) is 1. The first kappa shape index (κ1) is 26.8. The van der Waals surface area contributed by atoms with E-state index in [4.69, 9.17) is 4.74 Å². The minimum Gasteiger partial charge on any atom is -0.457 e. The summed E-state index contributed by atoms with van der Waals surface area (Å²) in [6, 6.07) is 17.3. The summed E-state index contributed by atoms with van der Waals surface area (Å²) in [4.78, 5) is 33.6. The van der Waals surface area contributed by atoms with Crippen LogP contribution in [0.2, 0.25) is 0 Å². The van der Waals surface area contributed by atoms with Gasteiger partial charge in [0.2, 0.25) is 5.91 Å². The molecule has 1 fully saturated rings. The maximum absolute atomic E-state index is 13.6. The number of thiophene rings is 1. The molecule has 3 amide bonds. The number of hydrogen-bond donors (Lipinski definition) is 4. The number of pyridine rings is 1. The van der Waals surface area contributed by atoms with E-state index in [9.17, 15) is 9.59 Å². The van der Waals surface area contributed by atoms with Gasteiger partial charge in [-0.05, 0) is 75.2 Å². The number of para-hydroxylation sites is 1. The Bertz CT molecular complexity index is 1640. The van der Waals surface area contributed by atoms with Crippen molar-refractivity contribution in [1.82, 2.24) is 20.9 Å². The predicted molar refractivity (Wildman–Crippen MR) is 164 cm³/mol. The average Bonchev–Trinajstić information content (AvgIpc) is 3.55. The van der Waals surface area contributed by atoms with Crippen LogP contribution in [-0.4, -0.2) is 42.6 Å². The highest BCUT2D eigenvalue weighted by molar-refractivity contribution is 7.20. The summed E-state index contributed by atoms with van der Waals surface area (Å²) in [5, 5.41) is 13.5. The van der Waals surface area contributed by atoms with E-state index >= 15 is 0 Å². The van der Waals surface area contributed by atoms with E-state index in [1.807, 2.05) is 61.5 Å². The van der Waals surface area contributed by atoms with Crippen LogP contribution in [0.1, 0.15) is 29.7 Å². The highest BCUT2D eigenvalue weighted by atomic mass is 32.1. The van der Waals surface area contributed by atoms with Gasteiger partial charge in [-0.2, -0.15) is 0 Å². The van der Waals surface area contributed by atoms with Crippen molar-refractivity contribution in [1.29, 1.82) is 0 Å². The number of benzene rings is 2. The molecule has 10 heteroatoms. The van der Waals surface area contributed by atoms with E-state index < -0.39 is 0 Å². The minimum atomic E-state index is -0.245. The molecule has 0 spiro atoms. The number of nitrogens with one attached hydrogen (secondary N) is 4. The third-order valence-electron chi connectivity index (χ3n) is 7.42. The fourth-order valence-electron chi connectivity index (χ4n) is 5.60. The van der Waals surface area contributed by atoms with Crippen molar-refractivity contribution in [3.8, 4) is 11.5 Å². The second-order valence-corrected chi connectivity index (χ2v) is 11.4. The van der Waals surface area contributed by atoms with E-state index in [2.05, 4.69) is 32.8 Å². The van der Waals surface area contributed by atoms with Crippen molar-refractivity contribution in [2.45, 2.75) is 38.3 Å². The zero-order valence-electron chi connectivity index (χ0n) is 23.0. The van der Waals surface area contributed by atoms with Crippen LogP contribution >= 0.6 is 11.3 Å². The van der Waals surface area contributed by atoms with Crippen LogP contribution in [0.25, 0.3) is 15.9 Å². The Hall–Kier alpha value is -4.41. The minimum absolute atomic E-state index is 0.00498. The van der Waals surface area contributed by atoms with Crippen molar-refractivity contribution >= 4 is 56.3 Å². The lowest BCUT2D eigenvalue weighted by atomic mass is 10.1. The Morgan fingerprint density at radius 2 is 1.88 bits per heavy atom. The number of rotatable bonds is 9. The van der Waals surface area contributed by atoms with Gasteiger partial charge in [-0.15, -0.1) is 11.3 Å². The number of anilines is 3. The summed E-state index contributed by atoms with van der Waals surface area (Å²) in [7, 11) is 1.76. The normalized spacial score (nSPS) is 17.8. The molecule has 9 nitrogen and oxygen atoms in total. The standard InChI is InChI=1S/C31H32N6O3S/c1-18-15-23(40-22-7-5-4-6-8-22)11-12-24(18)37-25-13-14-33-30-27(25)28(36-31(37)39)29(41-30)19(2)34-20-9-10-21(16-20)35-26(38)17-32-3/h4-8,11-15,20-21,32,34H,2,9-10,16-17H2,1,3H3,(H,35,38)(H,36,39). The molecule has 6 rings (SSSR count). The smallest absolute Gasteiger partial charge is 0.331 e. The van der Waals surface area contributed by atoms with Crippen molar-refractivity contribution < 1.29 is 14.3 Å². The van der Waals surface area contributed by atoms with Gasteiger partial charge in [-0.1, -0.05) is 24.8 Å². The molecule has 2 atom stereocenters. The SMILES string of the molecule is C=C(NC1CCC(NC(=O)CNC)C1)c1sc2nccc3c2c1NC(=O)N3c1ccc(Oc2ccccc2)cc1C. The fourth-order valence-corrected chi connectivity index (χ4v) is 6.65. The van der Waals surface area contributed by atoms with Gasteiger partial charge in [0.25, 0.3) is 0 Å². The van der Waals surface area contributed by atoms with Crippen molar-refractivity contribution in [3.05, 3.63) is 77.8 Å². The molecule has 2 aromatic carbocycles. The first-order valence-corrected chi connectivity index (χ1v) is 14.5. The van der Waals surface area contributed by atoms with Gasteiger partial charge in [-0.3, -0.25) is 9.69 Å². The topological polar surface area (TPSA) is 108 Å². The molecular weight excluding hydrogens is 536 g/mol. The summed E-state index contributed by atoms with van der Waals surface area (Å²) in [5.74, 6) is 1.46. The molecule has 0 radical (unpaired) electrons. The lowest BCUT2D eigenvalue weighted by Gasteiger charge is -2.30. The van der Waals surface area contributed by atoms with Gasteiger partial charge < -0.3 is 26.0 Å². The van der Waals surface area contributed by atoms with Crippen molar-refractivity contribution in [3.63, 3.8) is 0 Å². The highest BCUT2D eigenvalue weighted by Gasteiger charge is 2.33. The molecular formula is C31H32N6O3S. The molecule has 0 bridgehead atoms. The molecule has 210 valence electrons. The Morgan fingerprint density at radius 3 is 2.63 bits per heavy atom.